The maximum Gasteiger partial charge on any atom is 0.120 e. The van der Waals surface area contributed by atoms with Gasteiger partial charge in [-0.15, -0.1) is 53.6 Å². The van der Waals surface area contributed by atoms with Gasteiger partial charge in [-0.2, -0.15) is 0 Å². The van der Waals surface area contributed by atoms with Crippen LogP contribution in [-0.2, 0) is 26.5 Å². The zero-order valence-electron chi connectivity index (χ0n) is 36.5. The van der Waals surface area contributed by atoms with Crippen LogP contribution in [0.4, 0.5) is 0 Å². The van der Waals surface area contributed by atoms with Crippen molar-refractivity contribution in [3.05, 3.63) is 149 Å². The van der Waals surface area contributed by atoms with Gasteiger partial charge in [0.1, 0.15) is 5.58 Å². The molecule has 4 nitrogen and oxygen atoms in total. The Morgan fingerprint density at radius 3 is 2.32 bits per heavy atom. The van der Waals surface area contributed by atoms with Crippen molar-refractivity contribution in [2.24, 2.45) is 5.41 Å². The second-order valence-corrected chi connectivity index (χ2v) is 13.1. The smallest absolute Gasteiger partial charge is 0.120 e. The maximum absolute atomic E-state index is 8.75. The van der Waals surface area contributed by atoms with Crippen molar-refractivity contribution < 1.29 is 35.5 Å². The Balaban J connectivity index is 0.000000206. The third kappa shape index (κ3) is 6.81. The molecule has 0 aliphatic rings. The summed E-state index contributed by atoms with van der Waals surface area (Å²) in [6.07, 6.45) is -0.832. The Bertz CT molecular complexity index is 2740. The van der Waals surface area contributed by atoms with Gasteiger partial charge in [0.25, 0.3) is 0 Å². The van der Waals surface area contributed by atoms with Crippen LogP contribution >= 0.6 is 0 Å². The molecule has 8 aromatic rings. The molecule has 5 heteroatoms. The molecule has 0 saturated carbocycles. The van der Waals surface area contributed by atoms with Gasteiger partial charge in [-0.3, -0.25) is 4.98 Å². The Labute approximate surface area is 319 Å². The molecule has 8 rings (SSSR count). The van der Waals surface area contributed by atoms with E-state index in [9.17, 15) is 0 Å². The minimum atomic E-state index is -2.57. The van der Waals surface area contributed by atoms with E-state index in [0.29, 0.717) is 21.9 Å². The Hall–Kier alpha value is -4.83. The van der Waals surface area contributed by atoms with Gasteiger partial charge < -0.3 is 14.0 Å². The first-order valence-electron chi connectivity index (χ1n) is 20.2. The summed E-state index contributed by atoms with van der Waals surface area (Å²) < 4.78 is 73.4. The third-order valence-corrected chi connectivity index (χ3v) is 8.30. The van der Waals surface area contributed by atoms with E-state index in [2.05, 4.69) is 78.0 Å². The van der Waals surface area contributed by atoms with Crippen LogP contribution in [0.5, 0.6) is 0 Å². The fourth-order valence-electron chi connectivity index (χ4n) is 6.18. The van der Waals surface area contributed by atoms with Crippen molar-refractivity contribution in [2.45, 2.75) is 54.7 Å². The summed E-state index contributed by atoms with van der Waals surface area (Å²) in [4.78, 5) is 9.20. The van der Waals surface area contributed by atoms with Gasteiger partial charge in [0.2, 0.25) is 0 Å². The molecule has 0 aliphatic carbocycles. The van der Waals surface area contributed by atoms with Gasteiger partial charge >= 0.3 is 0 Å². The Kier molecular flexibility index (Phi) is 7.39. The van der Waals surface area contributed by atoms with E-state index in [-0.39, 0.29) is 48.1 Å². The minimum Gasteiger partial charge on any atom is -0.501 e. The molecule has 0 atom stereocenters. The fourth-order valence-corrected chi connectivity index (χ4v) is 6.18. The molecule has 1 radical (unpaired) electrons. The van der Waals surface area contributed by atoms with Crippen molar-refractivity contribution in [1.29, 1.82) is 0 Å². The van der Waals surface area contributed by atoms with Gasteiger partial charge in [0, 0.05) is 48.3 Å². The second kappa shape index (κ2) is 14.2. The van der Waals surface area contributed by atoms with E-state index in [1.807, 2.05) is 24.3 Å². The molecular weight excluding hydrogens is 791 g/mol. The SMILES string of the molecule is Cc1cccc(C)c1-n1c(-c2[c-]cccc2)nc2ccccc21.[2H]C([2H])([2H])c1cnc(-c2[c-]cc(C([2H])([2H])[2H])c3c2oc2ccccc23)cc1C([2H])([2H])C(C)(C)C.[Ir]. The predicted octanol–water partition coefficient (Wildman–Crippen LogP) is 11.8. The number of para-hydroxylation sites is 4. The number of aromatic nitrogens is 3. The van der Waals surface area contributed by atoms with Crippen molar-refractivity contribution in [3.8, 4) is 28.3 Å². The van der Waals surface area contributed by atoms with Gasteiger partial charge in [0.05, 0.1) is 22.4 Å². The fraction of sp³-hybridized carbons (Fsp3) is 0.200. The number of pyridine rings is 1. The normalized spacial score (nSPS) is 14.6. The quantitative estimate of drug-likeness (QED) is 0.166. The number of hydrogen-bond acceptors (Lipinski definition) is 3. The summed E-state index contributed by atoms with van der Waals surface area (Å²) in [5.74, 6) is 0.934. The van der Waals surface area contributed by atoms with Crippen molar-refractivity contribution in [2.75, 3.05) is 0 Å². The summed E-state index contributed by atoms with van der Waals surface area (Å²) in [6, 6.07) is 38.8. The van der Waals surface area contributed by atoms with Gasteiger partial charge in [-0.25, -0.2) is 0 Å². The topological polar surface area (TPSA) is 43.9 Å². The van der Waals surface area contributed by atoms with Crippen molar-refractivity contribution in [3.63, 3.8) is 0 Å². The number of rotatable bonds is 4. The number of fused-ring (bicyclic) bond motifs is 4. The van der Waals surface area contributed by atoms with Gasteiger partial charge in [-0.05, 0) is 73.1 Å². The molecule has 0 aliphatic heterocycles. The average Bonchev–Trinajstić information content (AvgIpc) is 3.73. The van der Waals surface area contributed by atoms with Crippen LogP contribution in [0.15, 0.2) is 114 Å². The number of nitrogens with zero attached hydrogens (tertiary/aromatic N) is 3. The summed E-state index contributed by atoms with van der Waals surface area (Å²) in [5, 5.41) is 1.04. The summed E-state index contributed by atoms with van der Waals surface area (Å²) in [6.45, 7) is 4.42. The molecule has 3 heterocycles. The zero-order valence-corrected chi connectivity index (χ0v) is 30.9. The number of furan rings is 1. The minimum absolute atomic E-state index is 0. The van der Waals surface area contributed by atoms with Crippen LogP contribution in [0, 0.1) is 45.1 Å². The van der Waals surface area contributed by atoms with E-state index >= 15 is 0 Å². The van der Waals surface area contributed by atoms with Crippen LogP contribution in [0.25, 0.3) is 61.3 Å². The molecule has 0 amide bonds. The number of imidazole rings is 1. The van der Waals surface area contributed by atoms with Crippen LogP contribution in [0.3, 0.4) is 0 Å². The first-order chi connectivity index (χ1) is 26.8. The zero-order chi connectivity index (χ0) is 41.1. The third-order valence-electron chi connectivity index (χ3n) is 8.30. The number of hydrogen-bond donors (Lipinski definition) is 0. The largest absolute Gasteiger partial charge is 0.501 e. The molecule has 0 fully saturated rings. The molecule has 0 bridgehead atoms. The van der Waals surface area contributed by atoms with Crippen LogP contribution in [0.1, 0.15) is 59.6 Å². The second-order valence-electron chi connectivity index (χ2n) is 13.1. The predicted molar refractivity (Wildman–Crippen MR) is 203 cm³/mol. The molecule has 0 saturated heterocycles. The van der Waals surface area contributed by atoms with Crippen LogP contribution < -0.4 is 0 Å². The Morgan fingerprint density at radius 2 is 1.58 bits per heavy atom. The van der Waals surface area contributed by atoms with E-state index in [1.165, 1.54) is 35.1 Å². The van der Waals surface area contributed by atoms with E-state index in [4.69, 9.17) is 20.4 Å². The Morgan fingerprint density at radius 1 is 0.840 bits per heavy atom. The first kappa shape index (κ1) is 26.0. The molecule has 50 heavy (non-hydrogen) atoms. The van der Waals surface area contributed by atoms with Crippen molar-refractivity contribution >= 4 is 33.0 Å². The van der Waals surface area contributed by atoms with Crippen molar-refractivity contribution in [1.82, 2.24) is 14.5 Å². The standard InChI is InChI=1S/C24H24NO.C21H17N2.Ir/c1-15-10-11-18(23-22(15)19-8-6-7-9-21(19)26-23)20-12-17(13-24(3,4)5)16(2)14-25-20;1-15-9-8-10-16(2)20(15)23-19-14-7-6-13-18(19)22-21(23)17-11-4-3-5-12-17;/h6-10,12,14H,13H2,1-5H3;3-11,13-14H,1-2H3;/q2*-1;/i1D3,2D3,13D2;;. The van der Waals surface area contributed by atoms with E-state index in [1.54, 1.807) is 45.0 Å². The van der Waals surface area contributed by atoms with Crippen LogP contribution in [-0.4, -0.2) is 14.5 Å². The number of aryl methyl sites for hydroxylation is 4. The average molecular weight is 840 g/mol. The molecule has 0 spiro atoms. The summed E-state index contributed by atoms with van der Waals surface area (Å²) in [5.41, 5.74) is 7.16. The van der Waals surface area contributed by atoms with Gasteiger partial charge in [0.15, 0.2) is 0 Å². The first-order valence-corrected chi connectivity index (χ1v) is 16.2. The molecule has 3 aromatic heterocycles. The molecule has 253 valence electrons. The summed E-state index contributed by atoms with van der Waals surface area (Å²) >= 11 is 0. The number of benzene rings is 5. The van der Waals surface area contributed by atoms with Crippen LogP contribution in [0.2, 0.25) is 0 Å². The molecule has 5 aromatic carbocycles. The summed E-state index contributed by atoms with van der Waals surface area (Å²) in [7, 11) is 0. The van der Waals surface area contributed by atoms with E-state index in [0.717, 1.165) is 22.4 Å². The maximum atomic E-state index is 8.75. The van der Waals surface area contributed by atoms with Gasteiger partial charge in [-0.1, -0.05) is 98.7 Å². The molecular formula is C45H41IrN3O-2. The molecule has 0 unspecified atom stereocenters. The molecule has 0 N–H and O–H groups in total. The van der Waals surface area contributed by atoms with E-state index < -0.39 is 25.5 Å². The monoisotopic (exact) mass is 840 g/mol.